The molecule has 4 aromatic rings. The maximum absolute atomic E-state index is 13.4. The summed E-state index contributed by atoms with van der Waals surface area (Å²) < 4.78 is 7.95. The molecule has 0 spiro atoms. The van der Waals surface area contributed by atoms with E-state index in [0.29, 0.717) is 38.7 Å². The van der Waals surface area contributed by atoms with Crippen LogP contribution < -0.4 is 10.9 Å². The topological polar surface area (TPSA) is 123 Å². The van der Waals surface area contributed by atoms with E-state index in [1.54, 1.807) is 35.9 Å². The second kappa shape index (κ2) is 8.45. The van der Waals surface area contributed by atoms with Crippen LogP contribution in [0.25, 0.3) is 16.9 Å². The molecule has 1 aliphatic carbocycles. The summed E-state index contributed by atoms with van der Waals surface area (Å²) in [7, 11) is 2.97. The fourth-order valence-electron chi connectivity index (χ4n) is 4.07. The molecular formula is C23H21ClN6O4. The lowest BCUT2D eigenvalue weighted by Crippen LogP contribution is -2.35. The zero-order chi connectivity index (χ0) is 24.0. The van der Waals surface area contributed by atoms with E-state index in [1.807, 2.05) is 0 Å². The van der Waals surface area contributed by atoms with Crippen LogP contribution in [0.1, 0.15) is 46.4 Å². The number of nitrogens with one attached hydrogen (secondary N) is 2. The third kappa shape index (κ3) is 3.86. The normalized spacial score (nSPS) is 14.2. The zero-order valence-electron chi connectivity index (χ0n) is 18.4. The molecule has 1 amide bonds. The number of hydrogen-bond acceptors (Lipinski definition) is 6. The molecule has 10 nitrogen and oxygen atoms in total. The van der Waals surface area contributed by atoms with Crippen LogP contribution in [0.15, 0.2) is 47.8 Å². The van der Waals surface area contributed by atoms with Crippen molar-refractivity contribution in [3.8, 4) is 11.4 Å². The number of aromatic amines is 1. The summed E-state index contributed by atoms with van der Waals surface area (Å²) in [5, 5.41) is 7.78. The number of benzene rings is 1. The number of ether oxygens (including phenoxy) is 1. The fourth-order valence-corrected chi connectivity index (χ4v) is 4.26. The molecule has 0 bridgehead atoms. The number of carbonyl (C=O) groups is 2. The molecule has 1 unspecified atom stereocenters. The van der Waals surface area contributed by atoms with Crippen LogP contribution in [0.2, 0.25) is 5.02 Å². The van der Waals surface area contributed by atoms with Crippen molar-refractivity contribution in [3.63, 3.8) is 0 Å². The van der Waals surface area contributed by atoms with Crippen molar-refractivity contribution < 1.29 is 14.3 Å². The minimum Gasteiger partial charge on any atom is -0.467 e. The Balaban J connectivity index is 1.59. The summed E-state index contributed by atoms with van der Waals surface area (Å²) in [5.41, 5.74) is 1.98. The standard InChI is InChI=1S/C23H21ClN6O4/c1-29-11-25-9-16(29)18(23(33)34-2)26-21(31)15-10-30-19(17(15)12-6-7-12)22(32)27-20(28-30)13-4-3-5-14(24)8-13/h3-5,8-12,18H,6-7H2,1-2H3,(H,26,31)(H,27,28,32). The SMILES string of the molecule is COC(=O)C(NC(=O)c1cn2nc(-c3cccc(Cl)c3)[nH]c(=O)c2c1C1CC1)c1cncn1C. The van der Waals surface area contributed by atoms with Crippen LogP contribution in [0.3, 0.4) is 0 Å². The molecule has 1 fully saturated rings. The summed E-state index contributed by atoms with van der Waals surface area (Å²) in [6, 6.07) is 5.90. The van der Waals surface area contributed by atoms with Crippen LogP contribution >= 0.6 is 11.6 Å². The van der Waals surface area contributed by atoms with Crippen LogP contribution in [0.4, 0.5) is 0 Å². The highest BCUT2D eigenvalue weighted by atomic mass is 35.5. The van der Waals surface area contributed by atoms with Crippen LogP contribution in [0.5, 0.6) is 0 Å². The van der Waals surface area contributed by atoms with Crippen molar-refractivity contribution in [2.24, 2.45) is 7.05 Å². The number of methoxy groups -OCH3 is 1. The lowest BCUT2D eigenvalue weighted by atomic mass is 10.1. The number of hydrogen-bond donors (Lipinski definition) is 2. The van der Waals surface area contributed by atoms with Gasteiger partial charge in [0, 0.05) is 29.4 Å². The third-order valence-corrected chi connectivity index (χ3v) is 6.11. The summed E-state index contributed by atoms with van der Waals surface area (Å²) in [4.78, 5) is 45.8. The summed E-state index contributed by atoms with van der Waals surface area (Å²) in [6.07, 6.45) is 6.26. The number of fused-ring (bicyclic) bond motifs is 1. The van der Waals surface area contributed by atoms with Crippen molar-refractivity contribution in [2.45, 2.75) is 24.8 Å². The third-order valence-electron chi connectivity index (χ3n) is 5.87. The highest BCUT2D eigenvalue weighted by Crippen LogP contribution is 2.43. The van der Waals surface area contributed by atoms with Crippen LogP contribution in [-0.4, -0.2) is 43.1 Å². The van der Waals surface area contributed by atoms with Gasteiger partial charge >= 0.3 is 5.97 Å². The molecule has 1 atom stereocenters. The Labute approximate surface area is 198 Å². The number of imidazole rings is 1. The number of esters is 1. The lowest BCUT2D eigenvalue weighted by Gasteiger charge is -2.17. The van der Waals surface area contributed by atoms with Gasteiger partial charge < -0.3 is 19.6 Å². The van der Waals surface area contributed by atoms with Gasteiger partial charge in [-0.1, -0.05) is 23.7 Å². The van der Waals surface area contributed by atoms with E-state index < -0.39 is 17.9 Å². The van der Waals surface area contributed by atoms with E-state index in [-0.39, 0.29) is 11.5 Å². The largest absolute Gasteiger partial charge is 0.467 e. The van der Waals surface area contributed by atoms with E-state index in [4.69, 9.17) is 16.3 Å². The van der Waals surface area contributed by atoms with Gasteiger partial charge in [0.05, 0.1) is 30.9 Å². The minimum absolute atomic E-state index is 0.0685. The first-order valence-corrected chi connectivity index (χ1v) is 11.0. The Morgan fingerprint density at radius 2 is 2.12 bits per heavy atom. The van der Waals surface area contributed by atoms with Crippen LogP contribution in [-0.2, 0) is 16.6 Å². The van der Waals surface area contributed by atoms with Crippen LogP contribution in [0, 0.1) is 0 Å². The number of aryl methyl sites for hydroxylation is 1. The Kier molecular flexibility index (Phi) is 5.45. The monoisotopic (exact) mass is 480 g/mol. The number of carbonyl (C=O) groups excluding carboxylic acids is 2. The van der Waals surface area contributed by atoms with Gasteiger partial charge in [-0.2, -0.15) is 0 Å². The Morgan fingerprint density at radius 1 is 1.32 bits per heavy atom. The van der Waals surface area contributed by atoms with Crippen molar-refractivity contribution in [1.82, 2.24) is 29.5 Å². The molecule has 3 heterocycles. The fraction of sp³-hybridized carbons (Fsp3) is 0.261. The predicted octanol–water partition coefficient (Wildman–Crippen LogP) is 2.60. The summed E-state index contributed by atoms with van der Waals surface area (Å²) >= 11 is 6.09. The first kappa shape index (κ1) is 21.9. The van der Waals surface area contributed by atoms with Crippen molar-refractivity contribution in [2.75, 3.05) is 7.11 Å². The average molecular weight is 481 g/mol. The molecule has 1 aromatic carbocycles. The number of amides is 1. The highest BCUT2D eigenvalue weighted by Gasteiger charge is 2.35. The molecule has 11 heteroatoms. The second-order valence-electron chi connectivity index (χ2n) is 8.20. The van der Waals surface area contributed by atoms with Gasteiger partial charge in [-0.15, -0.1) is 5.10 Å². The molecular weight excluding hydrogens is 460 g/mol. The van der Waals surface area contributed by atoms with E-state index in [2.05, 4.69) is 20.4 Å². The zero-order valence-corrected chi connectivity index (χ0v) is 19.2. The molecule has 1 saturated carbocycles. The van der Waals surface area contributed by atoms with Gasteiger partial charge in [-0.05, 0) is 30.9 Å². The molecule has 5 rings (SSSR count). The molecule has 3 aromatic heterocycles. The smallest absolute Gasteiger partial charge is 0.334 e. The molecule has 2 N–H and O–H groups in total. The number of aromatic nitrogens is 5. The number of nitrogens with zero attached hydrogens (tertiary/aromatic N) is 4. The quantitative estimate of drug-likeness (QED) is 0.409. The minimum atomic E-state index is -1.06. The Bertz CT molecular complexity index is 1480. The lowest BCUT2D eigenvalue weighted by molar-refractivity contribution is -0.143. The predicted molar refractivity (Wildman–Crippen MR) is 124 cm³/mol. The average Bonchev–Trinajstić information content (AvgIpc) is 3.45. The first-order chi connectivity index (χ1) is 16.4. The molecule has 0 radical (unpaired) electrons. The van der Waals surface area contributed by atoms with Gasteiger partial charge in [0.1, 0.15) is 5.52 Å². The van der Waals surface area contributed by atoms with Gasteiger partial charge in [-0.25, -0.2) is 14.3 Å². The van der Waals surface area contributed by atoms with E-state index in [0.717, 1.165) is 12.8 Å². The molecule has 174 valence electrons. The van der Waals surface area contributed by atoms with E-state index >= 15 is 0 Å². The molecule has 34 heavy (non-hydrogen) atoms. The van der Waals surface area contributed by atoms with Gasteiger partial charge in [-0.3, -0.25) is 9.59 Å². The second-order valence-corrected chi connectivity index (χ2v) is 8.63. The number of H-pyrrole nitrogens is 1. The maximum Gasteiger partial charge on any atom is 0.334 e. The van der Waals surface area contributed by atoms with Crippen molar-refractivity contribution in [3.05, 3.63) is 75.2 Å². The molecule has 0 aliphatic heterocycles. The van der Waals surface area contributed by atoms with Gasteiger partial charge in [0.2, 0.25) is 0 Å². The summed E-state index contributed by atoms with van der Waals surface area (Å²) in [6.45, 7) is 0. The van der Waals surface area contributed by atoms with Gasteiger partial charge in [0.25, 0.3) is 11.5 Å². The summed E-state index contributed by atoms with van der Waals surface area (Å²) in [5.74, 6) is -0.744. The van der Waals surface area contributed by atoms with Crippen molar-refractivity contribution >= 4 is 29.0 Å². The molecule has 1 aliphatic rings. The first-order valence-electron chi connectivity index (χ1n) is 10.6. The Morgan fingerprint density at radius 3 is 2.76 bits per heavy atom. The van der Waals surface area contributed by atoms with Crippen molar-refractivity contribution in [1.29, 1.82) is 0 Å². The maximum atomic E-state index is 13.4. The Hall–Kier alpha value is -3.92. The van der Waals surface area contributed by atoms with E-state index in [9.17, 15) is 14.4 Å². The number of halogens is 1. The van der Waals surface area contributed by atoms with E-state index in [1.165, 1.54) is 30.3 Å². The highest BCUT2D eigenvalue weighted by molar-refractivity contribution is 6.30. The molecule has 0 saturated heterocycles. The van der Waals surface area contributed by atoms with Gasteiger partial charge in [0.15, 0.2) is 11.9 Å². The number of rotatable bonds is 6.